The quantitative estimate of drug-likeness (QED) is 0.741. The average Bonchev–Trinajstić information content (AvgIpc) is 2.46. The molecule has 1 rings (SSSR count). The van der Waals surface area contributed by atoms with Gasteiger partial charge in [-0.15, -0.1) is 0 Å². The van der Waals surface area contributed by atoms with E-state index in [0.29, 0.717) is 6.61 Å². The molecule has 86 valence electrons. The first-order valence-corrected chi connectivity index (χ1v) is 8.25. The Hall–Kier alpha value is -0.613. The molecule has 0 unspecified atom stereocenters. The number of aryl methyl sites for hydroxylation is 1. The van der Waals surface area contributed by atoms with Gasteiger partial charge in [0, 0.05) is 19.4 Å². The van der Waals surface area contributed by atoms with Crippen LogP contribution in [0.1, 0.15) is 26.6 Å². The van der Waals surface area contributed by atoms with Gasteiger partial charge in [0.05, 0.1) is 6.61 Å². The molecule has 0 fully saturated rings. The minimum atomic E-state index is -1.64. The van der Waals surface area contributed by atoms with Gasteiger partial charge in [0.1, 0.15) is 5.82 Å². The third kappa shape index (κ3) is 2.92. The van der Waals surface area contributed by atoms with E-state index >= 15 is 0 Å². The van der Waals surface area contributed by atoms with Gasteiger partial charge < -0.3 is 8.99 Å². The molecule has 0 saturated heterocycles. The second-order valence-electron chi connectivity index (χ2n) is 5.50. The highest BCUT2D eigenvalue weighted by atomic mass is 28.4. The number of imidazole rings is 1. The van der Waals surface area contributed by atoms with E-state index < -0.39 is 8.32 Å². The summed E-state index contributed by atoms with van der Waals surface area (Å²) in [4.78, 5) is 4.26. The van der Waals surface area contributed by atoms with Crippen molar-refractivity contribution in [3.05, 3.63) is 18.2 Å². The van der Waals surface area contributed by atoms with Gasteiger partial charge in [-0.05, 0) is 18.1 Å². The van der Waals surface area contributed by atoms with Crippen molar-refractivity contribution in [2.75, 3.05) is 0 Å². The lowest BCUT2D eigenvalue weighted by molar-refractivity contribution is 0.264. The van der Waals surface area contributed by atoms with E-state index in [1.807, 2.05) is 24.0 Å². The summed E-state index contributed by atoms with van der Waals surface area (Å²) in [6.45, 7) is 11.9. The fourth-order valence-electron chi connectivity index (χ4n) is 0.997. The fraction of sp³-hybridized carbons (Fsp3) is 0.727. The highest BCUT2D eigenvalue weighted by Gasteiger charge is 2.37. The van der Waals surface area contributed by atoms with Crippen LogP contribution in [0, 0.1) is 0 Å². The highest BCUT2D eigenvalue weighted by molar-refractivity contribution is 6.74. The first-order valence-electron chi connectivity index (χ1n) is 5.34. The number of hydrogen-bond acceptors (Lipinski definition) is 2. The maximum atomic E-state index is 6.07. The molecule has 0 bridgehead atoms. The Morgan fingerprint density at radius 3 is 2.40 bits per heavy atom. The summed E-state index contributed by atoms with van der Waals surface area (Å²) >= 11 is 0. The van der Waals surface area contributed by atoms with E-state index in [1.165, 1.54) is 0 Å². The Bertz CT molecular complexity index is 326. The molecule has 0 aliphatic carbocycles. The average molecular weight is 226 g/mol. The highest BCUT2D eigenvalue weighted by Crippen LogP contribution is 2.36. The number of aromatic nitrogens is 2. The molecule has 0 spiro atoms. The maximum Gasteiger partial charge on any atom is 0.192 e. The summed E-state index contributed by atoms with van der Waals surface area (Å²) in [5.41, 5.74) is 0. The normalized spacial score (nSPS) is 13.2. The molecular formula is C11H22N2OSi. The smallest absolute Gasteiger partial charge is 0.192 e. The standard InChI is InChI=1S/C11H22N2OSi/c1-11(2,3)15(5,6)14-9-10-12-7-8-13(10)4/h7-8H,9H2,1-6H3. The Balaban J connectivity index is 2.61. The van der Waals surface area contributed by atoms with Crippen LogP contribution in [-0.4, -0.2) is 17.9 Å². The maximum absolute atomic E-state index is 6.07. The van der Waals surface area contributed by atoms with E-state index in [-0.39, 0.29) is 5.04 Å². The van der Waals surface area contributed by atoms with Gasteiger partial charge in [-0.2, -0.15) is 0 Å². The summed E-state index contributed by atoms with van der Waals surface area (Å²) < 4.78 is 8.08. The van der Waals surface area contributed by atoms with Gasteiger partial charge in [0.25, 0.3) is 0 Å². The second kappa shape index (κ2) is 4.10. The molecule has 0 amide bonds. The van der Waals surface area contributed by atoms with Crippen molar-refractivity contribution in [2.45, 2.75) is 45.5 Å². The van der Waals surface area contributed by atoms with Gasteiger partial charge in [-0.25, -0.2) is 4.98 Å². The Morgan fingerprint density at radius 2 is 2.00 bits per heavy atom. The van der Waals surface area contributed by atoms with Crippen LogP contribution in [0.15, 0.2) is 12.4 Å². The van der Waals surface area contributed by atoms with Gasteiger partial charge >= 0.3 is 0 Å². The molecule has 1 aromatic heterocycles. The molecule has 1 heterocycles. The van der Waals surface area contributed by atoms with Crippen molar-refractivity contribution in [2.24, 2.45) is 7.05 Å². The molecule has 0 N–H and O–H groups in total. The predicted molar refractivity (Wildman–Crippen MR) is 65.2 cm³/mol. The molecule has 0 aliphatic rings. The summed E-state index contributed by atoms with van der Waals surface area (Å²) in [5, 5.41) is 0.262. The predicted octanol–water partition coefficient (Wildman–Crippen LogP) is 2.94. The zero-order chi connectivity index (χ0) is 11.7. The van der Waals surface area contributed by atoms with E-state index in [0.717, 1.165) is 5.82 Å². The monoisotopic (exact) mass is 226 g/mol. The first kappa shape index (κ1) is 12.5. The summed E-state index contributed by atoms with van der Waals surface area (Å²) in [6.07, 6.45) is 3.76. The molecule has 0 atom stereocenters. The SMILES string of the molecule is Cn1ccnc1CO[Si](C)(C)C(C)(C)C. The van der Waals surface area contributed by atoms with Crippen LogP contribution in [0.3, 0.4) is 0 Å². The molecule has 0 aromatic carbocycles. The summed E-state index contributed by atoms with van der Waals surface area (Å²) in [6, 6.07) is 0. The molecule has 0 aliphatic heterocycles. The molecule has 1 aromatic rings. The summed E-state index contributed by atoms with van der Waals surface area (Å²) in [7, 11) is 0.360. The Morgan fingerprint density at radius 1 is 1.40 bits per heavy atom. The van der Waals surface area contributed by atoms with Crippen LogP contribution in [0.5, 0.6) is 0 Å². The van der Waals surface area contributed by atoms with E-state index in [2.05, 4.69) is 38.8 Å². The Kier molecular flexibility index (Phi) is 3.40. The number of rotatable bonds is 3. The zero-order valence-corrected chi connectivity index (χ0v) is 11.7. The van der Waals surface area contributed by atoms with Crippen molar-refractivity contribution in [3.63, 3.8) is 0 Å². The van der Waals surface area contributed by atoms with Crippen LogP contribution in [0.4, 0.5) is 0 Å². The zero-order valence-electron chi connectivity index (χ0n) is 10.7. The molecule has 4 heteroatoms. The van der Waals surface area contributed by atoms with E-state index in [9.17, 15) is 0 Å². The Labute approximate surface area is 93.6 Å². The van der Waals surface area contributed by atoms with E-state index in [1.54, 1.807) is 0 Å². The van der Waals surface area contributed by atoms with Crippen LogP contribution < -0.4 is 0 Å². The van der Waals surface area contributed by atoms with Crippen LogP contribution >= 0.6 is 0 Å². The first-order chi connectivity index (χ1) is 6.74. The fourth-order valence-corrected chi connectivity index (χ4v) is 1.92. The van der Waals surface area contributed by atoms with Gasteiger partial charge in [-0.1, -0.05) is 20.8 Å². The van der Waals surface area contributed by atoms with Crippen LogP contribution in [0.25, 0.3) is 0 Å². The molecule has 3 nitrogen and oxygen atoms in total. The lowest BCUT2D eigenvalue weighted by atomic mass is 10.2. The molecule has 0 saturated carbocycles. The third-order valence-electron chi connectivity index (χ3n) is 3.29. The van der Waals surface area contributed by atoms with Gasteiger partial charge in [-0.3, -0.25) is 0 Å². The van der Waals surface area contributed by atoms with Crippen molar-refractivity contribution < 1.29 is 4.43 Å². The van der Waals surface area contributed by atoms with Gasteiger partial charge in [0.15, 0.2) is 8.32 Å². The van der Waals surface area contributed by atoms with E-state index in [4.69, 9.17) is 4.43 Å². The van der Waals surface area contributed by atoms with Crippen molar-refractivity contribution in [1.82, 2.24) is 9.55 Å². The van der Waals surface area contributed by atoms with Crippen molar-refractivity contribution in [3.8, 4) is 0 Å². The second-order valence-corrected chi connectivity index (χ2v) is 10.3. The molecular weight excluding hydrogens is 204 g/mol. The number of hydrogen-bond donors (Lipinski definition) is 0. The molecule has 0 radical (unpaired) electrons. The lowest BCUT2D eigenvalue weighted by Crippen LogP contribution is -2.40. The van der Waals surface area contributed by atoms with Crippen LogP contribution in [-0.2, 0) is 18.1 Å². The minimum Gasteiger partial charge on any atom is -0.409 e. The third-order valence-corrected chi connectivity index (χ3v) is 7.77. The topological polar surface area (TPSA) is 27.1 Å². The lowest BCUT2D eigenvalue weighted by Gasteiger charge is -2.35. The van der Waals surface area contributed by atoms with Crippen molar-refractivity contribution >= 4 is 8.32 Å². The summed E-state index contributed by atoms with van der Waals surface area (Å²) in [5.74, 6) is 1.000. The number of nitrogens with zero attached hydrogens (tertiary/aromatic N) is 2. The van der Waals surface area contributed by atoms with Gasteiger partial charge in [0.2, 0.25) is 0 Å². The van der Waals surface area contributed by atoms with Crippen molar-refractivity contribution in [1.29, 1.82) is 0 Å². The molecule has 15 heavy (non-hydrogen) atoms. The van der Waals surface area contributed by atoms with Crippen LogP contribution in [0.2, 0.25) is 18.1 Å². The minimum absolute atomic E-state index is 0.262. The largest absolute Gasteiger partial charge is 0.409 e.